The molecule has 18 heavy (non-hydrogen) atoms. The molecule has 3 N–H and O–H groups in total. The first-order chi connectivity index (χ1) is 7.79. The average molecular weight is 384 g/mol. The third-order valence-electron chi connectivity index (χ3n) is 2.08. The van der Waals surface area contributed by atoms with Crippen molar-refractivity contribution in [2.75, 3.05) is 34.2 Å². The van der Waals surface area contributed by atoms with Crippen LogP contribution < -0.4 is 29.5 Å². The van der Waals surface area contributed by atoms with Gasteiger partial charge in [0.1, 0.15) is 5.56 Å². The van der Waals surface area contributed by atoms with Crippen LogP contribution >= 0.6 is 12.2 Å². The lowest BCUT2D eigenvalue weighted by Crippen LogP contribution is -3.00. The van der Waals surface area contributed by atoms with Crippen LogP contribution in [0.25, 0.3) is 0 Å². The summed E-state index contributed by atoms with van der Waals surface area (Å²) < 4.78 is 0.882. The Bertz CT molecular complexity index is 530. The number of hydrogen-bond acceptors (Lipinski definition) is 4. The second kappa shape index (κ2) is 7.00. The van der Waals surface area contributed by atoms with Crippen molar-refractivity contribution in [2.45, 2.75) is 0 Å². The monoisotopic (exact) mass is 384 g/mol. The summed E-state index contributed by atoms with van der Waals surface area (Å²) in [5, 5.41) is 9.49. The lowest BCUT2D eigenvalue weighted by Gasteiger charge is -2.22. The molecule has 6 nitrogen and oxygen atoms in total. The molecule has 1 rings (SSSR count). The average Bonchev–Trinajstić information content (AvgIpc) is 2.13. The van der Waals surface area contributed by atoms with Crippen molar-refractivity contribution in [3.05, 3.63) is 20.7 Å². The van der Waals surface area contributed by atoms with E-state index in [0.717, 1.165) is 11.0 Å². The maximum atomic E-state index is 11.5. The van der Waals surface area contributed by atoms with Gasteiger partial charge in [0.15, 0.2) is 4.77 Å². The standard InChI is InChI=1S/C10H16N4O2S.HI/c1-14(2,3)5-4-11-6-7-8(15)12-10(17)13-9(7)16;/h6H,4-5H2,1-3H3,(H2-,11,12,13,15,16,17);1H. The van der Waals surface area contributed by atoms with Gasteiger partial charge < -0.3 is 38.6 Å². The summed E-state index contributed by atoms with van der Waals surface area (Å²) >= 11 is 4.71. The maximum absolute atomic E-state index is 11.5. The summed E-state index contributed by atoms with van der Waals surface area (Å²) in [5.74, 6) is -0.257. The Balaban J connectivity index is 0.00000289. The van der Waals surface area contributed by atoms with Gasteiger partial charge in [-0.2, -0.15) is 0 Å². The van der Waals surface area contributed by atoms with Crippen molar-refractivity contribution in [1.82, 2.24) is 9.97 Å². The number of aromatic hydroxyl groups is 1. The number of nitrogens with one attached hydrogen (secondary N) is 2. The predicted molar refractivity (Wildman–Crippen MR) is 69.3 cm³/mol. The van der Waals surface area contributed by atoms with Gasteiger partial charge in [-0.1, -0.05) is 0 Å². The minimum atomic E-state index is -0.444. The van der Waals surface area contributed by atoms with Crippen molar-refractivity contribution in [2.24, 2.45) is 4.99 Å². The Morgan fingerprint density at radius 2 is 2.00 bits per heavy atom. The van der Waals surface area contributed by atoms with E-state index in [2.05, 4.69) is 36.1 Å². The molecule has 1 aromatic rings. The molecule has 0 aliphatic rings. The van der Waals surface area contributed by atoms with Crippen LogP contribution in [0, 0.1) is 4.77 Å². The van der Waals surface area contributed by atoms with Crippen LogP contribution in [-0.4, -0.2) is 60.0 Å². The van der Waals surface area contributed by atoms with Crippen LogP contribution in [0.4, 0.5) is 0 Å². The summed E-state index contributed by atoms with van der Waals surface area (Å²) in [5.41, 5.74) is -0.347. The SMILES string of the molecule is C[N+](C)(C)CCN=Cc1c(O)[nH]c(=S)[nH]c1=O.[I-]. The molecule has 0 saturated heterocycles. The second-order valence-corrected chi connectivity index (χ2v) is 5.13. The molecule has 0 saturated carbocycles. The van der Waals surface area contributed by atoms with E-state index in [1.807, 2.05) is 0 Å². The van der Waals surface area contributed by atoms with E-state index < -0.39 is 5.56 Å². The van der Waals surface area contributed by atoms with Crippen LogP contribution in [-0.2, 0) is 0 Å². The largest absolute Gasteiger partial charge is 1.00 e. The molecule has 0 aliphatic carbocycles. The highest BCUT2D eigenvalue weighted by atomic mass is 127. The fraction of sp³-hybridized carbons (Fsp3) is 0.500. The fourth-order valence-electron chi connectivity index (χ4n) is 1.12. The van der Waals surface area contributed by atoms with E-state index in [1.54, 1.807) is 0 Å². The smallest absolute Gasteiger partial charge is 0.264 e. The van der Waals surface area contributed by atoms with Gasteiger partial charge in [0, 0.05) is 6.21 Å². The maximum Gasteiger partial charge on any atom is 0.264 e. The zero-order chi connectivity index (χ0) is 13.1. The molecular weight excluding hydrogens is 367 g/mol. The van der Waals surface area contributed by atoms with Gasteiger partial charge in [-0.05, 0) is 12.2 Å². The van der Waals surface area contributed by atoms with Crippen LogP contribution in [0.1, 0.15) is 5.56 Å². The highest BCUT2D eigenvalue weighted by Gasteiger charge is 2.06. The van der Waals surface area contributed by atoms with E-state index in [-0.39, 0.29) is 40.2 Å². The summed E-state index contributed by atoms with van der Waals surface area (Å²) in [6.45, 7) is 1.43. The first-order valence-corrected chi connectivity index (χ1v) is 5.56. The van der Waals surface area contributed by atoms with E-state index in [0.29, 0.717) is 6.54 Å². The van der Waals surface area contributed by atoms with Crippen LogP contribution in [0.5, 0.6) is 5.88 Å². The number of quaternary nitrogens is 1. The van der Waals surface area contributed by atoms with E-state index in [9.17, 15) is 9.90 Å². The summed E-state index contributed by atoms with van der Waals surface area (Å²) in [4.78, 5) is 20.4. The normalized spacial score (nSPS) is 11.5. The predicted octanol–water partition coefficient (Wildman–Crippen LogP) is -2.73. The number of hydrogen-bond donors (Lipinski definition) is 3. The quantitative estimate of drug-likeness (QED) is 0.228. The molecule has 0 unspecified atom stereocenters. The third kappa shape index (κ3) is 5.74. The molecule has 8 heteroatoms. The molecule has 0 aliphatic heterocycles. The third-order valence-corrected chi connectivity index (χ3v) is 2.28. The topological polar surface area (TPSA) is 81.2 Å². The molecule has 102 valence electrons. The number of H-pyrrole nitrogens is 2. The summed E-state index contributed by atoms with van der Waals surface area (Å²) in [6, 6.07) is 0. The van der Waals surface area contributed by atoms with Crippen molar-refractivity contribution in [3.63, 3.8) is 0 Å². The summed E-state index contributed by atoms with van der Waals surface area (Å²) in [7, 11) is 6.17. The molecule has 1 aromatic heterocycles. The first-order valence-electron chi connectivity index (χ1n) is 5.15. The Labute approximate surface area is 127 Å². The van der Waals surface area contributed by atoms with Crippen molar-refractivity contribution in [1.29, 1.82) is 0 Å². The highest BCUT2D eigenvalue weighted by molar-refractivity contribution is 7.71. The second-order valence-electron chi connectivity index (χ2n) is 4.72. The molecule has 0 aromatic carbocycles. The molecular formula is C10H17IN4O2S. The van der Waals surface area contributed by atoms with Gasteiger partial charge in [-0.3, -0.25) is 14.8 Å². The Hall–Kier alpha value is -0.740. The van der Waals surface area contributed by atoms with E-state index in [1.165, 1.54) is 6.21 Å². The molecule has 0 amide bonds. The van der Waals surface area contributed by atoms with Gasteiger partial charge in [0.2, 0.25) is 5.88 Å². The number of rotatable bonds is 4. The number of aromatic nitrogens is 2. The van der Waals surface area contributed by atoms with Crippen LogP contribution in [0.15, 0.2) is 9.79 Å². The number of halogens is 1. The minimum absolute atomic E-state index is 0. The lowest BCUT2D eigenvalue weighted by molar-refractivity contribution is -0.868. The van der Waals surface area contributed by atoms with Crippen LogP contribution in [0.3, 0.4) is 0 Å². The highest BCUT2D eigenvalue weighted by Crippen LogP contribution is 2.03. The van der Waals surface area contributed by atoms with E-state index in [4.69, 9.17) is 12.2 Å². The van der Waals surface area contributed by atoms with E-state index >= 15 is 0 Å². The molecule has 0 radical (unpaired) electrons. The number of nitrogens with zero attached hydrogens (tertiary/aromatic N) is 2. The van der Waals surface area contributed by atoms with Crippen LogP contribution in [0.2, 0.25) is 0 Å². The Kier molecular flexibility index (Phi) is 6.71. The number of likely N-dealkylation sites (N-methyl/N-ethyl adjacent to an activating group) is 1. The molecule has 1 heterocycles. The Morgan fingerprint density at radius 3 is 2.50 bits per heavy atom. The molecule has 0 fully saturated rings. The molecule has 0 atom stereocenters. The molecule has 0 spiro atoms. The van der Waals surface area contributed by atoms with Gasteiger partial charge in [-0.25, -0.2) is 0 Å². The number of aromatic amines is 2. The first kappa shape index (κ1) is 17.3. The lowest BCUT2D eigenvalue weighted by atomic mass is 10.3. The van der Waals surface area contributed by atoms with Crippen molar-refractivity contribution < 1.29 is 33.6 Å². The molecule has 0 bridgehead atoms. The zero-order valence-corrected chi connectivity index (χ0v) is 13.5. The Morgan fingerprint density at radius 1 is 1.39 bits per heavy atom. The summed E-state index contributed by atoms with van der Waals surface area (Å²) in [6.07, 6.45) is 1.36. The number of aliphatic imine (C=N–C) groups is 1. The fourth-order valence-corrected chi connectivity index (χ4v) is 1.31. The van der Waals surface area contributed by atoms with Gasteiger partial charge in [0.25, 0.3) is 5.56 Å². The van der Waals surface area contributed by atoms with Gasteiger partial charge in [0.05, 0.1) is 34.2 Å². The minimum Gasteiger partial charge on any atom is -1.00 e. The van der Waals surface area contributed by atoms with Gasteiger partial charge >= 0.3 is 0 Å². The van der Waals surface area contributed by atoms with Crippen molar-refractivity contribution in [3.8, 4) is 5.88 Å². The van der Waals surface area contributed by atoms with Gasteiger partial charge in [-0.15, -0.1) is 0 Å². The zero-order valence-electron chi connectivity index (χ0n) is 10.5. The van der Waals surface area contributed by atoms with Crippen molar-refractivity contribution >= 4 is 18.4 Å².